The van der Waals surface area contributed by atoms with Crippen LogP contribution in [0.3, 0.4) is 0 Å². The Balaban J connectivity index is 1.26. The number of pyridine rings is 1. The Morgan fingerprint density at radius 1 is 1.27 bits per heavy atom. The number of rotatable bonds is 5. The van der Waals surface area contributed by atoms with Gasteiger partial charge in [-0.2, -0.15) is 5.10 Å². The van der Waals surface area contributed by atoms with Crippen LogP contribution in [0.5, 0.6) is 5.75 Å². The van der Waals surface area contributed by atoms with Gasteiger partial charge in [0.05, 0.1) is 11.8 Å². The molecule has 0 bridgehead atoms. The van der Waals surface area contributed by atoms with E-state index >= 15 is 0 Å². The summed E-state index contributed by atoms with van der Waals surface area (Å²) in [6, 6.07) is 7.31. The van der Waals surface area contributed by atoms with E-state index in [1.165, 1.54) is 29.5 Å². The highest BCUT2D eigenvalue weighted by molar-refractivity contribution is 7.10. The molecule has 2 N–H and O–H groups in total. The molecule has 1 aromatic carbocycles. The number of amides is 1. The van der Waals surface area contributed by atoms with Crippen LogP contribution in [0.4, 0.5) is 18.9 Å². The van der Waals surface area contributed by atoms with Gasteiger partial charge in [-0.25, -0.2) is 4.98 Å². The molecule has 7 nitrogen and oxygen atoms in total. The standard InChI is InChI=1S/C22H18F3N5O2S/c23-22(24,25)32-16-3-1-2-15(7-16)28-21(31)18-12-33-19-11-30(5-4-17(18)19)10-13-6-14-9-27-29-20(14)26-8-13/h1-3,6-9,12H,4-5,10-11H2,(H,28,31)(H,26,27,29). The van der Waals surface area contributed by atoms with E-state index in [1.807, 2.05) is 6.20 Å². The summed E-state index contributed by atoms with van der Waals surface area (Å²) in [6.45, 7) is 2.23. The number of aromatic nitrogens is 3. The highest BCUT2D eigenvalue weighted by Crippen LogP contribution is 2.31. The number of hydrogen-bond donors (Lipinski definition) is 2. The average Bonchev–Trinajstić information content (AvgIpc) is 3.39. The zero-order valence-electron chi connectivity index (χ0n) is 17.1. The van der Waals surface area contributed by atoms with Crippen LogP contribution in [0.1, 0.15) is 26.4 Å². The van der Waals surface area contributed by atoms with Gasteiger partial charge in [-0.15, -0.1) is 24.5 Å². The summed E-state index contributed by atoms with van der Waals surface area (Å²) in [5.74, 6) is -0.730. The average molecular weight is 473 g/mol. The molecule has 1 aliphatic heterocycles. The quantitative estimate of drug-likeness (QED) is 0.438. The van der Waals surface area contributed by atoms with Gasteiger partial charge in [-0.3, -0.25) is 14.8 Å². The van der Waals surface area contributed by atoms with E-state index in [0.29, 0.717) is 18.5 Å². The largest absolute Gasteiger partial charge is 0.573 e. The molecule has 1 amide bonds. The Labute approximate surface area is 190 Å². The van der Waals surface area contributed by atoms with E-state index in [2.05, 4.69) is 36.2 Å². The lowest BCUT2D eigenvalue weighted by molar-refractivity contribution is -0.274. The van der Waals surface area contributed by atoms with E-state index < -0.39 is 6.36 Å². The van der Waals surface area contributed by atoms with Crippen LogP contribution in [-0.4, -0.2) is 38.9 Å². The molecule has 0 unspecified atom stereocenters. The van der Waals surface area contributed by atoms with E-state index in [4.69, 9.17) is 0 Å². The van der Waals surface area contributed by atoms with Crippen molar-refractivity contribution in [2.75, 3.05) is 11.9 Å². The summed E-state index contributed by atoms with van der Waals surface area (Å²) < 4.78 is 41.3. The summed E-state index contributed by atoms with van der Waals surface area (Å²) in [7, 11) is 0. The first kappa shape index (κ1) is 21.4. The van der Waals surface area contributed by atoms with Gasteiger partial charge in [0.25, 0.3) is 5.91 Å². The number of ether oxygens (including phenoxy) is 1. The molecular formula is C22H18F3N5O2S. The SMILES string of the molecule is O=C(Nc1cccc(OC(F)(F)F)c1)c1csc2c1CCN(Cc1cnc3[nH]ncc3c1)C2. The van der Waals surface area contributed by atoms with Crippen LogP contribution in [0.15, 0.2) is 48.1 Å². The van der Waals surface area contributed by atoms with Gasteiger partial charge in [0.1, 0.15) is 5.75 Å². The topological polar surface area (TPSA) is 83.1 Å². The lowest BCUT2D eigenvalue weighted by atomic mass is 10.0. The molecule has 3 aromatic heterocycles. The van der Waals surface area contributed by atoms with Crippen LogP contribution >= 0.6 is 11.3 Å². The van der Waals surface area contributed by atoms with Gasteiger partial charge in [0, 0.05) is 53.2 Å². The Hall–Kier alpha value is -3.44. The molecular weight excluding hydrogens is 455 g/mol. The fraction of sp³-hybridized carbons (Fsp3) is 0.227. The van der Waals surface area contributed by atoms with E-state index in [1.54, 1.807) is 11.6 Å². The number of benzene rings is 1. The fourth-order valence-electron chi connectivity index (χ4n) is 3.90. The number of halogens is 3. The third-order valence-corrected chi connectivity index (χ3v) is 6.36. The second kappa shape index (κ2) is 8.49. The van der Waals surface area contributed by atoms with Gasteiger partial charge in [0.2, 0.25) is 0 Å². The number of H-pyrrole nitrogens is 1. The van der Waals surface area contributed by atoms with Gasteiger partial charge >= 0.3 is 6.36 Å². The molecule has 0 atom stereocenters. The van der Waals surface area contributed by atoms with Crippen LogP contribution < -0.4 is 10.1 Å². The molecule has 0 saturated heterocycles. The maximum Gasteiger partial charge on any atom is 0.573 e. The molecule has 4 aromatic rings. The van der Waals surface area contributed by atoms with E-state index in [-0.39, 0.29) is 17.3 Å². The van der Waals surface area contributed by atoms with Crippen molar-refractivity contribution in [1.29, 1.82) is 0 Å². The molecule has 33 heavy (non-hydrogen) atoms. The number of anilines is 1. The lowest BCUT2D eigenvalue weighted by Crippen LogP contribution is -2.30. The fourth-order valence-corrected chi connectivity index (χ4v) is 5.02. The van der Waals surface area contributed by atoms with Crippen molar-refractivity contribution in [3.8, 4) is 5.75 Å². The smallest absolute Gasteiger partial charge is 0.406 e. The molecule has 170 valence electrons. The van der Waals surface area contributed by atoms with Gasteiger partial charge < -0.3 is 10.1 Å². The second-order valence-corrected chi connectivity index (χ2v) is 8.66. The summed E-state index contributed by atoms with van der Waals surface area (Å²) >= 11 is 1.51. The summed E-state index contributed by atoms with van der Waals surface area (Å²) in [5, 5.41) is 12.3. The van der Waals surface area contributed by atoms with Crippen LogP contribution in [0.25, 0.3) is 11.0 Å². The van der Waals surface area contributed by atoms with E-state index in [0.717, 1.165) is 46.2 Å². The Morgan fingerprint density at radius 2 is 2.15 bits per heavy atom. The lowest BCUT2D eigenvalue weighted by Gasteiger charge is -2.27. The first-order valence-corrected chi connectivity index (χ1v) is 11.0. The molecule has 5 rings (SSSR count). The number of nitrogens with one attached hydrogen (secondary N) is 2. The van der Waals surface area contributed by atoms with Crippen LogP contribution in [0.2, 0.25) is 0 Å². The first-order valence-electron chi connectivity index (χ1n) is 10.1. The molecule has 0 fully saturated rings. The maximum absolute atomic E-state index is 12.8. The molecule has 4 heterocycles. The van der Waals surface area contributed by atoms with Crippen molar-refractivity contribution < 1.29 is 22.7 Å². The van der Waals surface area contributed by atoms with Crippen molar-refractivity contribution in [2.45, 2.75) is 25.9 Å². The van der Waals surface area contributed by atoms with Gasteiger partial charge in [0.15, 0.2) is 5.65 Å². The van der Waals surface area contributed by atoms with Crippen molar-refractivity contribution in [1.82, 2.24) is 20.1 Å². The number of aromatic amines is 1. The number of nitrogens with zero attached hydrogens (tertiary/aromatic N) is 3. The van der Waals surface area contributed by atoms with Gasteiger partial charge in [-0.05, 0) is 35.7 Å². The number of alkyl halides is 3. The minimum absolute atomic E-state index is 0.237. The molecule has 1 aliphatic rings. The summed E-state index contributed by atoms with van der Waals surface area (Å²) in [6.07, 6.45) is -0.503. The normalized spacial score (nSPS) is 14.3. The number of carbonyl (C=O) groups is 1. The third-order valence-electron chi connectivity index (χ3n) is 5.35. The summed E-state index contributed by atoms with van der Waals surface area (Å²) in [5.41, 5.74) is 3.62. The highest BCUT2D eigenvalue weighted by Gasteiger charge is 2.31. The molecule has 0 aliphatic carbocycles. The van der Waals surface area contributed by atoms with Gasteiger partial charge in [-0.1, -0.05) is 6.07 Å². The van der Waals surface area contributed by atoms with E-state index in [9.17, 15) is 18.0 Å². The number of carbonyl (C=O) groups excluding carboxylic acids is 1. The second-order valence-electron chi connectivity index (χ2n) is 7.69. The Morgan fingerprint density at radius 3 is 3.00 bits per heavy atom. The zero-order valence-corrected chi connectivity index (χ0v) is 18.0. The molecule has 0 spiro atoms. The predicted octanol–water partition coefficient (Wildman–Crippen LogP) is 4.73. The minimum Gasteiger partial charge on any atom is -0.406 e. The Bertz CT molecular complexity index is 1320. The monoisotopic (exact) mass is 473 g/mol. The Kier molecular flexibility index (Phi) is 5.51. The molecule has 11 heteroatoms. The van der Waals surface area contributed by atoms with Crippen molar-refractivity contribution in [2.24, 2.45) is 0 Å². The maximum atomic E-state index is 12.8. The predicted molar refractivity (Wildman–Crippen MR) is 117 cm³/mol. The molecule has 0 saturated carbocycles. The van der Waals surface area contributed by atoms with Crippen LogP contribution in [0, 0.1) is 0 Å². The van der Waals surface area contributed by atoms with Crippen molar-refractivity contribution in [3.63, 3.8) is 0 Å². The third kappa shape index (κ3) is 4.83. The number of fused-ring (bicyclic) bond motifs is 2. The summed E-state index contributed by atoms with van der Waals surface area (Å²) in [4.78, 5) is 20.6. The van der Waals surface area contributed by atoms with Crippen molar-refractivity contribution >= 4 is 34.0 Å². The first-order chi connectivity index (χ1) is 15.8. The minimum atomic E-state index is -4.79. The zero-order chi connectivity index (χ0) is 23.0. The number of hydrogen-bond acceptors (Lipinski definition) is 6. The van der Waals surface area contributed by atoms with Crippen molar-refractivity contribution in [3.05, 3.63) is 69.7 Å². The number of thiophene rings is 1. The highest BCUT2D eigenvalue weighted by atomic mass is 32.1. The molecule has 0 radical (unpaired) electrons. The van der Waals surface area contributed by atoms with Crippen LogP contribution in [-0.2, 0) is 19.5 Å².